The van der Waals surface area contributed by atoms with Crippen molar-refractivity contribution < 1.29 is 19.4 Å². The fourth-order valence-corrected chi connectivity index (χ4v) is 3.06. The van der Waals surface area contributed by atoms with Crippen molar-refractivity contribution in [2.45, 2.75) is 19.0 Å². The van der Waals surface area contributed by atoms with Gasteiger partial charge in [0.05, 0.1) is 24.4 Å². The van der Waals surface area contributed by atoms with Crippen LogP contribution < -0.4 is 16.6 Å². The lowest BCUT2D eigenvalue weighted by atomic mass is 10.0. The zero-order chi connectivity index (χ0) is 22.4. The van der Waals surface area contributed by atoms with Gasteiger partial charge in [0.15, 0.2) is 0 Å². The van der Waals surface area contributed by atoms with Crippen LogP contribution in [0.3, 0.4) is 0 Å². The van der Waals surface area contributed by atoms with Gasteiger partial charge in [-0.25, -0.2) is 9.48 Å². The van der Waals surface area contributed by atoms with Crippen LogP contribution in [0.1, 0.15) is 17.3 Å². The predicted octanol–water partition coefficient (Wildman–Crippen LogP) is 2.42. The molecule has 1 aromatic heterocycles. The Labute approximate surface area is 178 Å². The molecule has 1 unspecified atom stereocenters. The lowest BCUT2D eigenvalue weighted by Gasteiger charge is -2.15. The van der Waals surface area contributed by atoms with Gasteiger partial charge in [-0.05, 0) is 35.7 Å². The second-order valence-electron chi connectivity index (χ2n) is 6.83. The number of hydrogen-bond acceptors (Lipinski definition) is 6. The highest BCUT2D eigenvalue weighted by atomic mass is 16.5. The molecule has 0 fully saturated rings. The van der Waals surface area contributed by atoms with Crippen molar-refractivity contribution in [2.75, 3.05) is 12.4 Å². The number of aromatic nitrogens is 2. The van der Waals surface area contributed by atoms with Crippen LogP contribution in [0.2, 0.25) is 0 Å². The topological polar surface area (TPSA) is 137 Å². The molecule has 1 heterocycles. The van der Waals surface area contributed by atoms with Gasteiger partial charge in [0.2, 0.25) is 0 Å². The molecule has 3 aromatic rings. The van der Waals surface area contributed by atoms with E-state index in [0.29, 0.717) is 23.4 Å². The minimum atomic E-state index is -1.19. The minimum absolute atomic E-state index is 0.263. The number of rotatable bonds is 7. The highest BCUT2D eigenvalue weighted by molar-refractivity contribution is 5.85. The standard InChI is InChI=1S/C22H22N4O5/c1-31-22(30)24-16-9-7-15(8-10-16)17-12-19(25-26(21(17)29)13-20(27)28)18(23)11-14-5-3-2-4-6-14/h2-10,12,18H,11,13,23H2,1H3,(H,24,30)(H,27,28). The number of amides is 1. The zero-order valence-electron chi connectivity index (χ0n) is 16.8. The quantitative estimate of drug-likeness (QED) is 0.532. The van der Waals surface area contributed by atoms with Crippen molar-refractivity contribution >= 4 is 17.7 Å². The van der Waals surface area contributed by atoms with E-state index in [-0.39, 0.29) is 5.56 Å². The van der Waals surface area contributed by atoms with Crippen LogP contribution in [0.15, 0.2) is 65.5 Å². The first-order valence-electron chi connectivity index (χ1n) is 9.46. The van der Waals surface area contributed by atoms with Crippen LogP contribution in [0.25, 0.3) is 11.1 Å². The maximum atomic E-state index is 12.9. The molecule has 160 valence electrons. The molecule has 9 heteroatoms. The number of nitrogens with one attached hydrogen (secondary N) is 1. The Morgan fingerprint density at radius 2 is 1.84 bits per heavy atom. The van der Waals surface area contributed by atoms with Gasteiger partial charge in [0.1, 0.15) is 6.54 Å². The van der Waals surface area contributed by atoms with Crippen molar-refractivity contribution in [3.05, 3.63) is 82.3 Å². The lowest BCUT2D eigenvalue weighted by molar-refractivity contribution is -0.138. The smallest absolute Gasteiger partial charge is 0.411 e. The van der Waals surface area contributed by atoms with E-state index in [1.807, 2.05) is 30.3 Å². The number of anilines is 1. The number of carboxylic acids is 1. The third kappa shape index (κ3) is 5.55. The fraction of sp³-hybridized carbons (Fsp3) is 0.182. The Morgan fingerprint density at radius 1 is 1.16 bits per heavy atom. The molecule has 1 atom stereocenters. The van der Waals surface area contributed by atoms with Gasteiger partial charge < -0.3 is 15.6 Å². The molecule has 0 bridgehead atoms. The molecule has 0 aliphatic carbocycles. The molecular formula is C22H22N4O5. The maximum Gasteiger partial charge on any atom is 0.411 e. The molecule has 0 spiro atoms. The summed E-state index contributed by atoms with van der Waals surface area (Å²) in [6.45, 7) is -0.584. The summed E-state index contributed by atoms with van der Waals surface area (Å²) in [4.78, 5) is 35.4. The zero-order valence-corrected chi connectivity index (χ0v) is 16.8. The van der Waals surface area contributed by atoms with Crippen molar-refractivity contribution in [2.24, 2.45) is 5.73 Å². The summed E-state index contributed by atoms with van der Waals surface area (Å²) in [6.07, 6.45) is -0.143. The van der Waals surface area contributed by atoms with Crippen LogP contribution >= 0.6 is 0 Å². The summed E-state index contributed by atoms with van der Waals surface area (Å²) >= 11 is 0. The number of carbonyl (C=O) groups excluding carboxylic acids is 1. The number of methoxy groups -OCH3 is 1. The monoisotopic (exact) mass is 422 g/mol. The largest absolute Gasteiger partial charge is 0.480 e. The van der Waals surface area contributed by atoms with Gasteiger partial charge in [-0.2, -0.15) is 5.10 Å². The molecule has 0 aliphatic heterocycles. The number of nitrogens with zero attached hydrogens (tertiary/aromatic N) is 2. The molecule has 1 amide bonds. The molecule has 9 nitrogen and oxygen atoms in total. The molecule has 4 N–H and O–H groups in total. The van der Waals surface area contributed by atoms with Crippen molar-refractivity contribution in [3.63, 3.8) is 0 Å². The van der Waals surface area contributed by atoms with E-state index in [2.05, 4.69) is 15.2 Å². The number of benzene rings is 2. The highest BCUT2D eigenvalue weighted by Gasteiger charge is 2.17. The number of carbonyl (C=O) groups is 2. The first-order valence-corrected chi connectivity index (χ1v) is 9.46. The van der Waals surface area contributed by atoms with E-state index in [4.69, 9.17) is 5.73 Å². The molecule has 0 saturated heterocycles. The van der Waals surface area contributed by atoms with E-state index in [0.717, 1.165) is 10.2 Å². The number of aliphatic carboxylic acids is 1. The minimum Gasteiger partial charge on any atom is -0.480 e. The second kappa shape index (κ2) is 9.68. The van der Waals surface area contributed by atoms with Gasteiger partial charge in [0, 0.05) is 5.69 Å². The van der Waals surface area contributed by atoms with Gasteiger partial charge >= 0.3 is 12.1 Å². The summed E-state index contributed by atoms with van der Waals surface area (Å²) in [5.74, 6) is -1.19. The van der Waals surface area contributed by atoms with E-state index >= 15 is 0 Å². The van der Waals surface area contributed by atoms with Crippen molar-refractivity contribution in [3.8, 4) is 11.1 Å². The summed E-state index contributed by atoms with van der Waals surface area (Å²) < 4.78 is 5.45. The summed E-state index contributed by atoms with van der Waals surface area (Å²) in [6, 6.07) is 17.1. The number of ether oxygens (including phenoxy) is 1. The van der Waals surface area contributed by atoms with Crippen LogP contribution in [0, 0.1) is 0 Å². The normalized spacial score (nSPS) is 11.5. The Hall–Kier alpha value is -3.98. The molecule has 0 aliphatic rings. The Balaban J connectivity index is 1.98. The molecule has 0 radical (unpaired) electrons. The van der Waals surface area contributed by atoms with E-state index in [1.165, 1.54) is 7.11 Å². The summed E-state index contributed by atoms with van der Waals surface area (Å²) in [5.41, 5.74) is 8.46. The van der Waals surface area contributed by atoms with Crippen LogP contribution in [0.5, 0.6) is 0 Å². The average molecular weight is 422 g/mol. The third-order valence-electron chi connectivity index (χ3n) is 4.58. The molecule has 2 aromatic carbocycles. The summed E-state index contributed by atoms with van der Waals surface area (Å²) in [7, 11) is 1.26. The SMILES string of the molecule is COC(=O)Nc1ccc(-c2cc(C(N)Cc3ccccc3)nn(CC(=O)O)c2=O)cc1. The Bertz CT molecular complexity index is 1130. The van der Waals surface area contributed by atoms with Gasteiger partial charge in [0.25, 0.3) is 5.56 Å². The second-order valence-corrected chi connectivity index (χ2v) is 6.83. The van der Waals surface area contributed by atoms with Gasteiger partial charge in [-0.1, -0.05) is 42.5 Å². The molecular weight excluding hydrogens is 400 g/mol. The highest BCUT2D eigenvalue weighted by Crippen LogP contribution is 2.22. The van der Waals surface area contributed by atoms with E-state index in [1.54, 1.807) is 30.3 Å². The number of nitrogens with two attached hydrogens (primary N) is 1. The third-order valence-corrected chi connectivity index (χ3v) is 4.58. The Morgan fingerprint density at radius 3 is 2.45 bits per heavy atom. The maximum absolute atomic E-state index is 12.9. The summed E-state index contributed by atoms with van der Waals surface area (Å²) in [5, 5.41) is 15.9. The van der Waals surface area contributed by atoms with E-state index in [9.17, 15) is 19.5 Å². The first-order chi connectivity index (χ1) is 14.9. The van der Waals surface area contributed by atoms with E-state index < -0.39 is 30.2 Å². The molecule has 0 saturated carbocycles. The van der Waals surface area contributed by atoms with Crippen LogP contribution in [-0.4, -0.2) is 34.1 Å². The lowest BCUT2D eigenvalue weighted by Crippen LogP contribution is -2.30. The predicted molar refractivity (Wildman–Crippen MR) is 115 cm³/mol. The van der Waals surface area contributed by atoms with Crippen LogP contribution in [0.4, 0.5) is 10.5 Å². The van der Waals surface area contributed by atoms with Crippen LogP contribution in [-0.2, 0) is 22.5 Å². The van der Waals surface area contributed by atoms with Gasteiger partial charge in [-0.3, -0.25) is 14.9 Å². The molecule has 31 heavy (non-hydrogen) atoms. The number of hydrogen-bond donors (Lipinski definition) is 3. The molecule has 3 rings (SSSR count). The van der Waals surface area contributed by atoms with Gasteiger partial charge in [-0.15, -0.1) is 0 Å². The fourth-order valence-electron chi connectivity index (χ4n) is 3.06. The Kier molecular flexibility index (Phi) is 6.78. The first kappa shape index (κ1) is 21.7. The number of carboxylic acid groups (broad SMARTS) is 1. The average Bonchev–Trinajstić information content (AvgIpc) is 2.76. The van der Waals surface area contributed by atoms with Crippen molar-refractivity contribution in [1.29, 1.82) is 0 Å². The van der Waals surface area contributed by atoms with Crippen molar-refractivity contribution in [1.82, 2.24) is 9.78 Å².